The fourth-order valence-corrected chi connectivity index (χ4v) is 7.86. The molecule has 0 aliphatic heterocycles. The Morgan fingerprint density at radius 1 is 0.333 bits per heavy atom. The van der Waals surface area contributed by atoms with Crippen LogP contribution in [0.2, 0.25) is 0 Å². The molecule has 0 atom stereocenters. The van der Waals surface area contributed by atoms with Crippen LogP contribution in [0.25, 0.3) is 0 Å². The number of hydrogen-bond acceptors (Lipinski definition) is 4. The highest BCUT2D eigenvalue weighted by Gasteiger charge is 2.54. The first-order valence-corrected chi connectivity index (χ1v) is 11.6. The largest absolute Gasteiger partial charge is 0.426 e. The molecule has 2 heterocycles. The molecule has 0 nitrogen and oxygen atoms in total. The standard InChI is InChI=1S/C14F18S4/c15-9(16,17)1-3(7(13(27,28)29)33-5(1)11(21,22)23)35-36-4-2(10(18,19)20)6(12(24,25)26)34-8(4)14(30,31)32. The van der Waals surface area contributed by atoms with Crippen molar-refractivity contribution in [2.45, 2.75) is 46.8 Å². The quantitative estimate of drug-likeness (QED) is 0.242. The highest BCUT2D eigenvalue weighted by Crippen LogP contribution is 2.61. The lowest BCUT2D eigenvalue weighted by atomic mass is 10.2. The number of rotatable bonds is 3. The third-order valence-corrected chi connectivity index (χ3v) is 8.83. The number of hydrogen-bond donors (Lipinski definition) is 0. The Morgan fingerprint density at radius 3 is 0.722 bits per heavy atom. The van der Waals surface area contributed by atoms with E-state index >= 15 is 0 Å². The minimum Gasteiger partial charge on any atom is -0.166 e. The summed E-state index contributed by atoms with van der Waals surface area (Å²) in [5.41, 5.74) is -6.14. The summed E-state index contributed by atoms with van der Waals surface area (Å²) in [5, 5.41) is 0. The van der Waals surface area contributed by atoms with E-state index in [9.17, 15) is 79.0 Å². The van der Waals surface area contributed by atoms with Gasteiger partial charge >= 0.3 is 37.1 Å². The van der Waals surface area contributed by atoms with Crippen LogP contribution < -0.4 is 0 Å². The maximum Gasteiger partial charge on any atom is 0.426 e. The van der Waals surface area contributed by atoms with Crippen molar-refractivity contribution in [2.24, 2.45) is 0 Å². The zero-order valence-electron chi connectivity index (χ0n) is 15.4. The lowest BCUT2D eigenvalue weighted by molar-refractivity contribution is -0.161. The molecule has 22 heteroatoms. The SMILES string of the molecule is FC(F)(F)c1sc(C(F)(F)F)c(C(F)(F)F)c1SSc1c(C(F)(F)F)sc(C(F)(F)F)c1C(F)(F)F. The van der Waals surface area contributed by atoms with Gasteiger partial charge in [-0.3, -0.25) is 0 Å². The minimum atomic E-state index is -6.25. The van der Waals surface area contributed by atoms with E-state index in [4.69, 9.17) is 0 Å². The van der Waals surface area contributed by atoms with Gasteiger partial charge in [0, 0.05) is 0 Å². The molecule has 0 saturated heterocycles. The van der Waals surface area contributed by atoms with Gasteiger partial charge in [-0.1, -0.05) is 21.6 Å². The summed E-state index contributed by atoms with van der Waals surface area (Å²) < 4.78 is 237. The molecule has 36 heavy (non-hydrogen) atoms. The Balaban J connectivity index is 2.87. The second-order valence-corrected chi connectivity index (χ2v) is 10.3. The van der Waals surface area contributed by atoms with E-state index in [0.29, 0.717) is 0 Å². The van der Waals surface area contributed by atoms with Crippen LogP contribution in [-0.2, 0) is 37.1 Å². The van der Waals surface area contributed by atoms with Crippen LogP contribution in [0.15, 0.2) is 9.79 Å². The first kappa shape index (κ1) is 31.1. The molecule has 2 aromatic rings. The molecule has 0 saturated carbocycles. The zero-order chi connectivity index (χ0) is 28.4. The fourth-order valence-electron chi connectivity index (χ4n) is 2.36. The fraction of sp³-hybridized carbons (Fsp3) is 0.429. The smallest absolute Gasteiger partial charge is 0.166 e. The molecule has 0 bridgehead atoms. The third kappa shape index (κ3) is 6.45. The second kappa shape index (κ2) is 9.24. The van der Waals surface area contributed by atoms with E-state index < -0.39 is 122 Å². The third-order valence-electron chi connectivity index (χ3n) is 3.53. The van der Waals surface area contributed by atoms with Crippen LogP contribution in [-0.4, -0.2) is 0 Å². The van der Waals surface area contributed by atoms with Crippen LogP contribution in [0.3, 0.4) is 0 Å². The van der Waals surface area contributed by atoms with Crippen LogP contribution in [0.1, 0.15) is 30.6 Å². The van der Waals surface area contributed by atoms with Crippen molar-refractivity contribution < 1.29 is 79.0 Å². The first-order chi connectivity index (χ1) is 15.7. The molecule has 0 aliphatic carbocycles. The van der Waals surface area contributed by atoms with Gasteiger partial charge in [0.25, 0.3) is 0 Å². The molecule has 206 valence electrons. The Morgan fingerprint density at radius 2 is 0.556 bits per heavy atom. The highest BCUT2D eigenvalue weighted by atomic mass is 33.1. The molecule has 0 aliphatic rings. The number of halogens is 18. The Hall–Kier alpha value is -1.16. The highest BCUT2D eigenvalue weighted by molar-refractivity contribution is 8.76. The number of thiophene rings is 2. The zero-order valence-corrected chi connectivity index (χ0v) is 18.7. The van der Waals surface area contributed by atoms with Gasteiger partial charge in [-0.25, -0.2) is 0 Å². The molecule has 0 spiro atoms. The van der Waals surface area contributed by atoms with Crippen molar-refractivity contribution in [2.75, 3.05) is 0 Å². The molecule has 0 aromatic carbocycles. The van der Waals surface area contributed by atoms with E-state index in [2.05, 4.69) is 0 Å². The lowest BCUT2D eigenvalue weighted by Crippen LogP contribution is -2.15. The second-order valence-electron chi connectivity index (χ2n) is 6.08. The molecular formula is C14F18S4. The van der Waals surface area contributed by atoms with Crippen molar-refractivity contribution in [3.63, 3.8) is 0 Å². The van der Waals surface area contributed by atoms with Crippen molar-refractivity contribution in [1.29, 1.82) is 0 Å². The van der Waals surface area contributed by atoms with E-state index in [1.807, 2.05) is 0 Å². The van der Waals surface area contributed by atoms with Gasteiger partial charge in [0.2, 0.25) is 0 Å². The molecule has 0 amide bonds. The lowest BCUT2D eigenvalue weighted by Gasteiger charge is -2.16. The topological polar surface area (TPSA) is 0 Å². The van der Waals surface area contributed by atoms with Gasteiger partial charge in [-0.2, -0.15) is 79.0 Å². The summed E-state index contributed by atoms with van der Waals surface area (Å²) in [5.74, 6) is 0. The Labute approximate surface area is 201 Å². The summed E-state index contributed by atoms with van der Waals surface area (Å²) in [6.45, 7) is 0. The predicted octanol–water partition coefficient (Wildman–Crippen LogP) is 10.7. The van der Waals surface area contributed by atoms with Gasteiger partial charge in [-0.05, 0) is 0 Å². The maximum atomic E-state index is 13.3. The van der Waals surface area contributed by atoms with Gasteiger partial charge < -0.3 is 0 Å². The molecule has 2 rings (SSSR count). The first-order valence-electron chi connectivity index (χ1n) is 7.79. The molecule has 0 unspecified atom stereocenters. The molecule has 0 radical (unpaired) electrons. The predicted molar refractivity (Wildman–Crippen MR) is 90.4 cm³/mol. The van der Waals surface area contributed by atoms with E-state index in [-0.39, 0.29) is 0 Å². The minimum absolute atomic E-state index is 1.27. The average molecular weight is 638 g/mol. The van der Waals surface area contributed by atoms with Gasteiger partial charge in [0.15, 0.2) is 0 Å². The molecule has 0 N–H and O–H groups in total. The van der Waals surface area contributed by atoms with Crippen molar-refractivity contribution in [1.82, 2.24) is 0 Å². The van der Waals surface area contributed by atoms with Crippen molar-refractivity contribution >= 4 is 44.3 Å². The van der Waals surface area contributed by atoms with E-state index in [1.165, 1.54) is 0 Å². The van der Waals surface area contributed by atoms with Crippen molar-refractivity contribution in [3.8, 4) is 0 Å². The van der Waals surface area contributed by atoms with Crippen LogP contribution in [0, 0.1) is 0 Å². The number of alkyl halides is 18. The monoisotopic (exact) mass is 638 g/mol. The molecule has 2 aromatic heterocycles. The van der Waals surface area contributed by atoms with Crippen LogP contribution in [0.5, 0.6) is 0 Å². The summed E-state index contributed by atoms with van der Waals surface area (Å²) in [6.07, 6.45) is -36.7. The summed E-state index contributed by atoms with van der Waals surface area (Å²) in [7, 11) is -2.54. The van der Waals surface area contributed by atoms with Gasteiger partial charge in [0.05, 0.1) is 20.9 Å². The van der Waals surface area contributed by atoms with Crippen LogP contribution in [0.4, 0.5) is 79.0 Å². The van der Waals surface area contributed by atoms with Crippen LogP contribution >= 0.6 is 44.3 Å². The molecular weight excluding hydrogens is 638 g/mol. The van der Waals surface area contributed by atoms with Gasteiger partial charge in [-0.15, -0.1) is 22.7 Å². The Kier molecular flexibility index (Phi) is 7.97. The normalized spacial score (nSPS) is 14.6. The maximum absolute atomic E-state index is 13.3. The average Bonchev–Trinajstić information content (AvgIpc) is 3.17. The van der Waals surface area contributed by atoms with E-state index in [1.54, 1.807) is 0 Å². The van der Waals surface area contributed by atoms with Gasteiger partial charge in [0.1, 0.15) is 19.5 Å². The van der Waals surface area contributed by atoms with Crippen molar-refractivity contribution in [3.05, 3.63) is 30.6 Å². The summed E-state index contributed by atoms with van der Waals surface area (Å²) in [6, 6.07) is 0. The molecule has 0 fully saturated rings. The summed E-state index contributed by atoms with van der Waals surface area (Å²) in [4.78, 5) is -16.2. The summed E-state index contributed by atoms with van der Waals surface area (Å²) >= 11 is -3.07. The van der Waals surface area contributed by atoms with E-state index in [0.717, 1.165) is 0 Å². The Bertz CT molecular complexity index is 1010.